The Kier molecular flexibility index (Phi) is 7.08. The topological polar surface area (TPSA) is 24.9 Å². The zero-order chi connectivity index (χ0) is 35.2. The summed E-state index contributed by atoms with van der Waals surface area (Å²) in [5, 5.41) is 0. The highest BCUT2D eigenvalue weighted by molar-refractivity contribution is 8.28. The van der Waals surface area contributed by atoms with Crippen LogP contribution in [0, 0.1) is 0 Å². The molecule has 0 saturated carbocycles. The highest BCUT2D eigenvalue weighted by atomic mass is 32.2. The number of rotatable bonds is 3. The normalized spacial score (nSPS) is 14.4. The Hall–Kier alpha value is -5.43. The standard InChI is InChI=1S/C45H32B2N2O2S2/c1-28(2)41-44-31(46-42-35(21-13-23-37(42)50-44)48(29-15-5-3-6-16-29)33-19-9-11-25-39(33)52-46)27-32-45(41)51-38-24-14-22-36-43(38)47(32)53-40-26-12-10-20-34(40)49(36)30-17-7-4-8-18-30/h3-28H,1-2H3. The molecule has 0 fully saturated rings. The van der Waals surface area contributed by atoms with Crippen molar-refractivity contribution >= 4 is 91.2 Å². The molecule has 4 aliphatic rings. The Morgan fingerprint density at radius 3 is 1.34 bits per heavy atom. The van der Waals surface area contributed by atoms with Crippen molar-refractivity contribution in [3.05, 3.63) is 157 Å². The highest BCUT2D eigenvalue weighted by Gasteiger charge is 2.46. The fourth-order valence-corrected chi connectivity index (χ4v) is 11.2. The maximum atomic E-state index is 7.14. The van der Waals surface area contributed by atoms with Crippen LogP contribution in [-0.2, 0) is 0 Å². The van der Waals surface area contributed by atoms with E-state index in [1.165, 1.54) is 43.0 Å². The van der Waals surface area contributed by atoms with Gasteiger partial charge in [-0.15, -0.1) is 0 Å². The minimum atomic E-state index is 0.00290. The predicted octanol–water partition coefficient (Wildman–Crippen LogP) is 10.4. The summed E-state index contributed by atoms with van der Waals surface area (Å²) in [4.78, 5) is 7.28. The first-order valence-electron chi connectivity index (χ1n) is 18.2. The molecule has 7 aromatic rings. The third-order valence-electron chi connectivity index (χ3n) is 10.7. The van der Waals surface area contributed by atoms with Crippen molar-refractivity contribution < 1.29 is 9.47 Å². The van der Waals surface area contributed by atoms with Crippen molar-refractivity contribution in [3.63, 3.8) is 0 Å². The number of benzene rings is 7. The summed E-state index contributed by atoms with van der Waals surface area (Å²) in [7, 11) is 0. The van der Waals surface area contributed by atoms with E-state index in [1.807, 2.05) is 23.2 Å². The molecule has 0 aromatic heterocycles. The SMILES string of the molecule is CC(C)c1c2c(cc3c1Oc1cccc4c1B3Sc1ccccc1N4c1ccccc1)B1Sc3ccccc3N(c3ccccc3)c3cccc(c31)O2. The molecule has 4 nitrogen and oxygen atoms in total. The van der Waals surface area contributed by atoms with Crippen LogP contribution in [0.25, 0.3) is 0 Å². The maximum Gasteiger partial charge on any atom is 0.291 e. The Morgan fingerprint density at radius 1 is 0.472 bits per heavy atom. The molecule has 0 atom stereocenters. The lowest BCUT2D eigenvalue weighted by Gasteiger charge is -2.35. The summed E-state index contributed by atoms with van der Waals surface area (Å²) in [5.41, 5.74) is 12.8. The van der Waals surface area contributed by atoms with Gasteiger partial charge < -0.3 is 19.3 Å². The number of anilines is 6. The zero-order valence-corrected chi connectivity index (χ0v) is 30.8. The quantitative estimate of drug-likeness (QED) is 0.169. The molecule has 0 bridgehead atoms. The van der Waals surface area contributed by atoms with Gasteiger partial charge in [-0.25, -0.2) is 0 Å². The average Bonchev–Trinajstić information content (AvgIpc) is 3.44. The van der Waals surface area contributed by atoms with E-state index in [1.54, 1.807) is 0 Å². The number of ether oxygens (including phenoxy) is 2. The lowest BCUT2D eigenvalue weighted by atomic mass is 9.53. The van der Waals surface area contributed by atoms with Gasteiger partial charge in [0.25, 0.3) is 12.0 Å². The van der Waals surface area contributed by atoms with Crippen LogP contribution in [-0.4, -0.2) is 12.0 Å². The smallest absolute Gasteiger partial charge is 0.291 e. The molecule has 0 N–H and O–H groups in total. The van der Waals surface area contributed by atoms with Crippen molar-refractivity contribution in [2.45, 2.75) is 29.6 Å². The Morgan fingerprint density at radius 2 is 0.887 bits per heavy atom. The summed E-state index contributed by atoms with van der Waals surface area (Å²) < 4.78 is 14.3. The van der Waals surface area contributed by atoms with Gasteiger partial charge in [0.15, 0.2) is 0 Å². The second kappa shape index (κ2) is 12.1. The molecule has 11 rings (SSSR count). The monoisotopic (exact) mass is 718 g/mol. The van der Waals surface area contributed by atoms with E-state index in [0.29, 0.717) is 0 Å². The molecule has 53 heavy (non-hydrogen) atoms. The average molecular weight is 719 g/mol. The highest BCUT2D eigenvalue weighted by Crippen LogP contribution is 2.51. The van der Waals surface area contributed by atoms with Gasteiger partial charge in [-0.2, -0.15) is 23.2 Å². The lowest BCUT2D eigenvalue weighted by Crippen LogP contribution is -2.51. The van der Waals surface area contributed by atoms with Crippen LogP contribution in [0.4, 0.5) is 34.1 Å². The van der Waals surface area contributed by atoms with Gasteiger partial charge in [-0.05, 0) is 89.6 Å². The van der Waals surface area contributed by atoms with Crippen LogP contribution in [0.5, 0.6) is 23.0 Å². The second-order valence-corrected chi connectivity index (χ2v) is 16.4. The summed E-state index contributed by atoms with van der Waals surface area (Å²) in [6.07, 6.45) is 0. The van der Waals surface area contributed by atoms with Gasteiger partial charge in [-0.3, -0.25) is 0 Å². The molecule has 252 valence electrons. The number of para-hydroxylation sites is 4. The molecule has 0 saturated heterocycles. The van der Waals surface area contributed by atoms with Crippen LogP contribution in [0.1, 0.15) is 25.3 Å². The van der Waals surface area contributed by atoms with E-state index in [4.69, 9.17) is 9.47 Å². The van der Waals surface area contributed by atoms with Crippen molar-refractivity contribution in [1.29, 1.82) is 0 Å². The van der Waals surface area contributed by atoms with Gasteiger partial charge in [0.2, 0.25) is 0 Å². The van der Waals surface area contributed by atoms with E-state index < -0.39 is 0 Å². The molecule has 4 heterocycles. The van der Waals surface area contributed by atoms with Crippen molar-refractivity contribution in [3.8, 4) is 23.0 Å². The molecular weight excluding hydrogens is 686 g/mol. The summed E-state index contributed by atoms with van der Waals surface area (Å²) in [6.45, 7) is 4.53. The van der Waals surface area contributed by atoms with Crippen LogP contribution in [0.3, 0.4) is 0 Å². The van der Waals surface area contributed by atoms with Gasteiger partial charge >= 0.3 is 0 Å². The maximum absolute atomic E-state index is 7.14. The van der Waals surface area contributed by atoms with Crippen molar-refractivity contribution in [2.75, 3.05) is 9.80 Å². The molecule has 8 heteroatoms. The van der Waals surface area contributed by atoms with Gasteiger partial charge in [0.1, 0.15) is 23.0 Å². The minimum absolute atomic E-state index is 0.00290. The number of fused-ring (bicyclic) bond motifs is 6. The van der Waals surface area contributed by atoms with E-state index in [2.05, 4.69) is 175 Å². The number of hydrogen-bond acceptors (Lipinski definition) is 6. The first kappa shape index (κ1) is 31.1. The second-order valence-electron chi connectivity index (χ2n) is 14.1. The van der Waals surface area contributed by atoms with Gasteiger partial charge in [0, 0.05) is 49.0 Å². The Labute approximate surface area is 318 Å². The van der Waals surface area contributed by atoms with Gasteiger partial charge in [0.05, 0.1) is 11.4 Å². The molecule has 0 aliphatic carbocycles. The summed E-state index contributed by atoms with van der Waals surface area (Å²) >= 11 is 3.85. The minimum Gasteiger partial charge on any atom is -0.458 e. The summed E-state index contributed by atoms with van der Waals surface area (Å²) in [6, 6.07) is 54.4. The Balaban J connectivity index is 1.16. The zero-order valence-electron chi connectivity index (χ0n) is 29.2. The molecule has 0 radical (unpaired) electrons. The third kappa shape index (κ3) is 4.68. The van der Waals surface area contributed by atoms with E-state index >= 15 is 0 Å². The van der Waals surface area contributed by atoms with E-state index in [0.717, 1.165) is 51.3 Å². The van der Waals surface area contributed by atoms with E-state index in [9.17, 15) is 0 Å². The fraction of sp³-hybridized carbons (Fsp3) is 0.0667. The molecule has 7 aromatic carbocycles. The summed E-state index contributed by atoms with van der Waals surface area (Å²) in [5.74, 6) is 3.81. The van der Waals surface area contributed by atoms with Gasteiger partial charge in [-0.1, -0.05) is 92.7 Å². The Bertz CT molecular complexity index is 2430. The fourth-order valence-electron chi connectivity index (χ4n) is 8.50. The van der Waals surface area contributed by atoms with Crippen LogP contribution >= 0.6 is 23.2 Å². The van der Waals surface area contributed by atoms with E-state index in [-0.39, 0.29) is 17.9 Å². The molecular formula is C45H32B2N2O2S2. The number of hydrogen-bond donors (Lipinski definition) is 0. The van der Waals surface area contributed by atoms with Crippen LogP contribution in [0.15, 0.2) is 161 Å². The third-order valence-corrected chi connectivity index (χ3v) is 13.4. The largest absolute Gasteiger partial charge is 0.458 e. The molecule has 0 spiro atoms. The molecule has 0 unspecified atom stereocenters. The molecule has 4 aliphatic heterocycles. The van der Waals surface area contributed by atoms with Crippen LogP contribution in [0.2, 0.25) is 0 Å². The van der Waals surface area contributed by atoms with Crippen molar-refractivity contribution in [2.24, 2.45) is 0 Å². The number of nitrogens with zero attached hydrogens (tertiary/aromatic N) is 2. The molecule has 0 amide bonds. The predicted molar refractivity (Wildman–Crippen MR) is 225 cm³/mol. The van der Waals surface area contributed by atoms with Crippen LogP contribution < -0.4 is 41.1 Å². The first-order valence-corrected chi connectivity index (χ1v) is 19.9. The lowest BCUT2D eigenvalue weighted by molar-refractivity contribution is 0.450. The first-order chi connectivity index (χ1) is 26.1. The van der Waals surface area contributed by atoms with Crippen molar-refractivity contribution in [1.82, 2.24) is 0 Å².